The van der Waals surface area contributed by atoms with Gasteiger partial charge in [0.15, 0.2) is 0 Å². The summed E-state index contributed by atoms with van der Waals surface area (Å²) in [6, 6.07) is 8.18. The molecule has 0 atom stereocenters. The van der Waals surface area contributed by atoms with Crippen LogP contribution in [-0.2, 0) is 0 Å². The predicted octanol–water partition coefficient (Wildman–Crippen LogP) is 3.65. The van der Waals surface area contributed by atoms with Crippen molar-refractivity contribution >= 4 is 40.8 Å². The van der Waals surface area contributed by atoms with Gasteiger partial charge in [0.25, 0.3) is 5.91 Å². The lowest BCUT2D eigenvalue weighted by Gasteiger charge is -2.11. The fourth-order valence-electron chi connectivity index (χ4n) is 1.71. The second-order valence-corrected chi connectivity index (χ2v) is 4.93. The molecule has 0 bridgehead atoms. The number of hydrogen-bond acceptors (Lipinski definition) is 3. The summed E-state index contributed by atoms with van der Waals surface area (Å²) in [6.07, 6.45) is 0. The van der Waals surface area contributed by atoms with Crippen LogP contribution in [0.5, 0.6) is 5.75 Å². The summed E-state index contributed by atoms with van der Waals surface area (Å²) >= 11 is 11.6. The van der Waals surface area contributed by atoms with Crippen LogP contribution < -0.4 is 5.32 Å². The first-order valence-electron chi connectivity index (χ1n) is 5.72. The average molecular weight is 326 g/mol. The molecular weight excluding hydrogens is 317 g/mol. The van der Waals surface area contributed by atoms with Gasteiger partial charge in [0.1, 0.15) is 5.75 Å². The molecule has 0 saturated heterocycles. The van der Waals surface area contributed by atoms with Crippen molar-refractivity contribution < 1.29 is 19.8 Å². The molecule has 0 aromatic heterocycles. The Morgan fingerprint density at radius 3 is 2.38 bits per heavy atom. The molecule has 0 aliphatic rings. The van der Waals surface area contributed by atoms with Crippen molar-refractivity contribution in [2.75, 3.05) is 5.32 Å². The van der Waals surface area contributed by atoms with Gasteiger partial charge in [0, 0.05) is 5.02 Å². The van der Waals surface area contributed by atoms with E-state index in [2.05, 4.69) is 5.32 Å². The quantitative estimate of drug-likeness (QED) is 0.803. The molecule has 2 aromatic carbocycles. The summed E-state index contributed by atoms with van der Waals surface area (Å²) in [7, 11) is 0. The van der Waals surface area contributed by atoms with Crippen LogP contribution in [0.1, 0.15) is 20.7 Å². The number of carbonyl (C=O) groups excluding carboxylic acids is 1. The van der Waals surface area contributed by atoms with Crippen LogP contribution in [0.4, 0.5) is 5.69 Å². The van der Waals surface area contributed by atoms with Crippen molar-refractivity contribution in [1.82, 2.24) is 0 Å². The van der Waals surface area contributed by atoms with Gasteiger partial charge in [-0.05, 0) is 30.3 Å². The Kier molecular flexibility index (Phi) is 4.35. The Balaban J connectivity index is 2.38. The fourth-order valence-corrected chi connectivity index (χ4v) is 2.10. The number of phenols is 1. The Hall–Kier alpha value is -2.24. The van der Waals surface area contributed by atoms with Crippen LogP contribution in [0.15, 0.2) is 36.4 Å². The maximum absolute atomic E-state index is 12.1. The number of carboxylic acid groups (broad SMARTS) is 1. The molecule has 1 amide bonds. The highest BCUT2D eigenvalue weighted by molar-refractivity contribution is 6.35. The van der Waals surface area contributed by atoms with Crippen molar-refractivity contribution in [3.05, 3.63) is 57.6 Å². The molecule has 0 heterocycles. The molecule has 0 spiro atoms. The largest absolute Gasteiger partial charge is 0.507 e. The summed E-state index contributed by atoms with van der Waals surface area (Å²) in [4.78, 5) is 23.2. The van der Waals surface area contributed by atoms with Gasteiger partial charge in [-0.25, -0.2) is 4.79 Å². The molecule has 2 aromatic rings. The molecule has 21 heavy (non-hydrogen) atoms. The van der Waals surface area contributed by atoms with E-state index in [9.17, 15) is 14.7 Å². The van der Waals surface area contributed by atoms with Crippen LogP contribution in [0.3, 0.4) is 0 Å². The second-order valence-electron chi connectivity index (χ2n) is 4.08. The molecule has 0 unspecified atom stereocenters. The van der Waals surface area contributed by atoms with Crippen LogP contribution in [0.25, 0.3) is 0 Å². The number of halogens is 2. The molecule has 0 radical (unpaired) electrons. The molecule has 0 aliphatic heterocycles. The summed E-state index contributed by atoms with van der Waals surface area (Å²) in [5.41, 5.74) is -0.231. The SMILES string of the molecule is O=C(Nc1c(Cl)cccc1C(=O)O)c1ccc(Cl)cc1O. The van der Waals surface area contributed by atoms with Gasteiger partial charge < -0.3 is 15.5 Å². The number of rotatable bonds is 3. The summed E-state index contributed by atoms with van der Waals surface area (Å²) < 4.78 is 0. The Labute approximate surface area is 129 Å². The highest BCUT2D eigenvalue weighted by Gasteiger charge is 2.18. The predicted molar refractivity (Wildman–Crippen MR) is 79.5 cm³/mol. The topological polar surface area (TPSA) is 86.6 Å². The second kappa shape index (κ2) is 6.03. The molecule has 108 valence electrons. The van der Waals surface area contributed by atoms with Crippen LogP contribution in [0.2, 0.25) is 10.0 Å². The minimum atomic E-state index is -1.23. The third-order valence-corrected chi connectivity index (χ3v) is 3.24. The number of hydrogen-bond donors (Lipinski definition) is 3. The van der Waals surface area contributed by atoms with Gasteiger partial charge in [-0.15, -0.1) is 0 Å². The summed E-state index contributed by atoms with van der Waals surface area (Å²) in [6.45, 7) is 0. The average Bonchev–Trinajstić information content (AvgIpc) is 2.40. The van der Waals surface area contributed by atoms with E-state index in [1.165, 1.54) is 36.4 Å². The van der Waals surface area contributed by atoms with Gasteiger partial charge in [-0.1, -0.05) is 29.3 Å². The minimum absolute atomic E-state index is 0.0361. The lowest BCUT2D eigenvalue weighted by atomic mass is 10.1. The Morgan fingerprint density at radius 1 is 1.05 bits per heavy atom. The molecule has 3 N–H and O–H groups in total. The first kappa shape index (κ1) is 15.2. The number of amides is 1. The molecule has 0 aliphatic carbocycles. The van der Waals surface area contributed by atoms with Gasteiger partial charge in [0.2, 0.25) is 0 Å². The van der Waals surface area contributed by atoms with Crippen molar-refractivity contribution in [2.24, 2.45) is 0 Å². The number of aromatic hydroxyl groups is 1. The smallest absolute Gasteiger partial charge is 0.337 e. The minimum Gasteiger partial charge on any atom is -0.507 e. The number of carbonyl (C=O) groups is 2. The van der Waals surface area contributed by atoms with Crippen LogP contribution >= 0.6 is 23.2 Å². The van der Waals surface area contributed by atoms with E-state index < -0.39 is 11.9 Å². The summed E-state index contributed by atoms with van der Waals surface area (Å²) in [5.74, 6) is -2.24. The lowest BCUT2D eigenvalue weighted by Crippen LogP contribution is -2.15. The number of benzene rings is 2. The van der Waals surface area contributed by atoms with Crippen molar-refractivity contribution in [3.63, 3.8) is 0 Å². The van der Waals surface area contributed by atoms with Gasteiger partial charge in [0.05, 0.1) is 21.8 Å². The molecule has 0 saturated carbocycles. The number of carboxylic acids is 1. The number of aromatic carboxylic acids is 1. The molecular formula is C14H9Cl2NO4. The van der Waals surface area contributed by atoms with Gasteiger partial charge >= 0.3 is 5.97 Å². The van der Waals surface area contributed by atoms with Gasteiger partial charge in [-0.2, -0.15) is 0 Å². The van der Waals surface area contributed by atoms with E-state index in [4.69, 9.17) is 28.3 Å². The Bertz CT molecular complexity index is 731. The van der Waals surface area contributed by atoms with E-state index in [1.807, 2.05) is 0 Å². The zero-order valence-corrected chi connectivity index (χ0v) is 11.9. The monoisotopic (exact) mass is 325 g/mol. The normalized spacial score (nSPS) is 10.2. The summed E-state index contributed by atoms with van der Waals surface area (Å²) in [5, 5.41) is 21.5. The standard InChI is InChI=1S/C14H9Cl2NO4/c15-7-4-5-8(11(18)6-7)13(19)17-12-9(14(20)21)2-1-3-10(12)16/h1-6,18H,(H,17,19)(H,20,21). The molecule has 7 heteroatoms. The molecule has 2 rings (SSSR count). The maximum atomic E-state index is 12.1. The third kappa shape index (κ3) is 3.26. The first-order chi connectivity index (χ1) is 9.90. The zero-order valence-electron chi connectivity index (χ0n) is 10.4. The highest BCUT2D eigenvalue weighted by Crippen LogP contribution is 2.28. The van der Waals surface area contributed by atoms with Crippen molar-refractivity contribution in [1.29, 1.82) is 0 Å². The van der Waals surface area contributed by atoms with Crippen LogP contribution in [0, 0.1) is 0 Å². The number of phenolic OH excluding ortho intramolecular Hbond substituents is 1. The van der Waals surface area contributed by atoms with E-state index in [-0.39, 0.29) is 32.6 Å². The fraction of sp³-hybridized carbons (Fsp3) is 0. The van der Waals surface area contributed by atoms with Gasteiger partial charge in [-0.3, -0.25) is 4.79 Å². The van der Waals surface area contributed by atoms with Crippen molar-refractivity contribution in [2.45, 2.75) is 0 Å². The van der Waals surface area contributed by atoms with Crippen molar-refractivity contribution in [3.8, 4) is 5.75 Å². The van der Waals surface area contributed by atoms with E-state index in [1.54, 1.807) is 0 Å². The van der Waals surface area contributed by atoms with Crippen LogP contribution in [-0.4, -0.2) is 22.1 Å². The van der Waals surface area contributed by atoms with E-state index in [0.29, 0.717) is 0 Å². The molecule has 0 fully saturated rings. The number of nitrogens with one attached hydrogen (secondary N) is 1. The number of para-hydroxylation sites is 1. The molecule has 5 nitrogen and oxygen atoms in total. The highest BCUT2D eigenvalue weighted by atomic mass is 35.5. The zero-order chi connectivity index (χ0) is 15.6. The maximum Gasteiger partial charge on any atom is 0.337 e. The Morgan fingerprint density at radius 2 is 1.76 bits per heavy atom. The third-order valence-electron chi connectivity index (χ3n) is 2.69. The number of anilines is 1. The lowest BCUT2D eigenvalue weighted by molar-refractivity contribution is 0.0698. The first-order valence-corrected chi connectivity index (χ1v) is 6.47. The van der Waals surface area contributed by atoms with E-state index >= 15 is 0 Å². The van der Waals surface area contributed by atoms with E-state index in [0.717, 1.165) is 0 Å².